The summed E-state index contributed by atoms with van der Waals surface area (Å²) >= 11 is 5.94. The molecule has 3 nitrogen and oxygen atoms in total. The van der Waals surface area contributed by atoms with Crippen molar-refractivity contribution in [1.29, 1.82) is 0 Å². The van der Waals surface area contributed by atoms with Crippen LogP contribution in [-0.2, 0) is 4.79 Å². The molecule has 0 aliphatic rings. The molecule has 0 atom stereocenters. The highest BCUT2D eigenvalue weighted by Gasteiger charge is 1.96. The van der Waals surface area contributed by atoms with Gasteiger partial charge in [-0.2, -0.15) is 0 Å². The molecule has 80 valence electrons. The van der Waals surface area contributed by atoms with Gasteiger partial charge in [0.2, 0.25) is 5.91 Å². The predicted octanol–water partition coefficient (Wildman–Crippen LogP) is 2.07. The average Bonchev–Trinajstić information content (AvgIpc) is 2.17. The van der Waals surface area contributed by atoms with Crippen LogP contribution < -0.4 is 11.1 Å². The lowest BCUT2D eigenvalue weighted by Crippen LogP contribution is -2.19. The molecule has 1 amide bonds. The second-order valence-corrected chi connectivity index (χ2v) is 3.53. The molecule has 0 unspecified atom stereocenters. The Hall–Kier alpha value is -1.48. The molecule has 0 aliphatic carbocycles. The van der Waals surface area contributed by atoms with E-state index in [2.05, 4.69) is 5.32 Å². The fraction of sp³-hybridized carbons (Fsp3) is 0.182. The third-order valence-electron chi connectivity index (χ3n) is 1.79. The summed E-state index contributed by atoms with van der Waals surface area (Å²) in [5.74, 6) is -0.0571. The summed E-state index contributed by atoms with van der Waals surface area (Å²) in [6, 6.07) is 5.27. The maximum absolute atomic E-state index is 10.6. The number of halogens is 1. The lowest BCUT2D eigenvalue weighted by Gasteiger charge is -2.00. The van der Waals surface area contributed by atoms with Crippen molar-refractivity contribution in [2.24, 2.45) is 0 Å². The van der Waals surface area contributed by atoms with E-state index >= 15 is 0 Å². The van der Waals surface area contributed by atoms with E-state index in [1.165, 1.54) is 6.92 Å². The highest BCUT2D eigenvalue weighted by molar-refractivity contribution is 6.32. The Morgan fingerprint density at radius 3 is 3.00 bits per heavy atom. The zero-order valence-corrected chi connectivity index (χ0v) is 9.21. The second-order valence-electron chi connectivity index (χ2n) is 3.12. The topological polar surface area (TPSA) is 55.1 Å². The molecule has 3 N–H and O–H groups in total. The van der Waals surface area contributed by atoms with E-state index in [9.17, 15) is 4.79 Å². The second kappa shape index (κ2) is 5.41. The van der Waals surface area contributed by atoms with Gasteiger partial charge < -0.3 is 11.1 Å². The van der Waals surface area contributed by atoms with Crippen molar-refractivity contribution in [3.05, 3.63) is 34.9 Å². The number of hydrogen-bond acceptors (Lipinski definition) is 2. The zero-order chi connectivity index (χ0) is 11.3. The SMILES string of the molecule is CC(=O)NCC=Cc1cc(N)ccc1Cl. The summed E-state index contributed by atoms with van der Waals surface area (Å²) in [5, 5.41) is 3.29. The van der Waals surface area contributed by atoms with E-state index in [-0.39, 0.29) is 5.91 Å². The highest BCUT2D eigenvalue weighted by Crippen LogP contribution is 2.19. The van der Waals surface area contributed by atoms with Gasteiger partial charge in [0, 0.05) is 24.2 Å². The summed E-state index contributed by atoms with van der Waals surface area (Å²) in [5.41, 5.74) is 7.13. The normalized spacial score (nSPS) is 10.5. The third-order valence-corrected chi connectivity index (χ3v) is 2.13. The van der Waals surface area contributed by atoms with Gasteiger partial charge in [0.15, 0.2) is 0 Å². The number of nitrogen functional groups attached to an aromatic ring is 1. The molecule has 0 bridgehead atoms. The molecule has 0 saturated carbocycles. The Labute approximate surface area is 93.9 Å². The van der Waals surface area contributed by atoms with Gasteiger partial charge in [-0.05, 0) is 23.8 Å². The summed E-state index contributed by atoms with van der Waals surface area (Å²) in [7, 11) is 0. The Balaban J connectivity index is 2.63. The zero-order valence-electron chi connectivity index (χ0n) is 8.46. The number of nitrogens with two attached hydrogens (primary N) is 1. The molecule has 1 aromatic rings. The Morgan fingerprint density at radius 2 is 2.33 bits per heavy atom. The molecule has 4 heteroatoms. The van der Waals surface area contributed by atoms with Gasteiger partial charge in [0.25, 0.3) is 0 Å². The summed E-state index contributed by atoms with van der Waals surface area (Å²) in [4.78, 5) is 10.6. The van der Waals surface area contributed by atoms with Crippen molar-refractivity contribution < 1.29 is 4.79 Å². The lowest BCUT2D eigenvalue weighted by molar-refractivity contribution is -0.118. The van der Waals surface area contributed by atoms with Crippen LogP contribution in [0.3, 0.4) is 0 Å². The highest BCUT2D eigenvalue weighted by atomic mass is 35.5. The summed E-state index contributed by atoms with van der Waals surface area (Å²) in [6.45, 7) is 1.96. The van der Waals surface area contributed by atoms with Crippen molar-refractivity contribution in [3.8, 4) is 0 Å². The number of rotatable bonds is 3. The largest absolute Gasteiger partial charge is 0.399 e. The van der Waals surface area contributed by atoms with Crippen LogP contribution in [-0.4, -0.2) is 12.5 Å². The molecule has 0 saturated heterocycles. The van der Waals surface area contributed by atoms with Crippen LogP contribution in [0.2, 0.25) is 5.02 Å². The lowest BCUT2D eigenvalue weighted by atomic mass is 10.2. The number of benzene rings is 1. The maximum atomic E-state index is 10.6. The minimum Gasteiger partial charge on any atom is -0.399 e. The molecule has 0 heterocycles. The van der Waals surface area contributed by atoms with Crippen LogP contribution in [0.25, 0.3) is 6.08 Å². The van der Waals surface area contributed by atoms with Crippen molar-refractivity contribution in [2.45, 2.75) is 6.92 Å². The third kappa shape index (κ3) is 4.04. The number of amides is 1. The van der Waals surface area contributed by atoms with Gasteiger partial charge in [-0.25, -0.2) is 0 Å². The van der Waals surface area contributed by atoms with Crippen LogP contribution in [0, 0.1) is 0 Å². The first-order valence-electron chi connectivity index (χ1n) is 4.55. The van der Waals surface area contributed by atoms with E-state index in [0.29, 0.717) is 17.3 Å². The first kappa shape index (κ1) is 11.6. The number of carbonyl (C=O) groups excluding carboxylic acids is 1. The fourth-order valence-electron chi connectivity index (χ4n) is 1.08. The number of nitrogens with one attached hydrogen (secondary N) is 1. The average molecular weight is 225 g/mol. The van der Waals surface area contributed by atoms with Crippen LogP contribution in [0.5, 0.6) is 0 Å². The Kier molecular flexibility index (Phi) is 4.18. The Bertz CT molecular complexity index is 388. The number of anilines is 1. The summed E-state index contributed by atoms with van der Waals surface area (Å²) in [6.07, 6.45) is 3.65. The Morgan fingerprint density at radius 1 is 1.60 bits per heavy atom. The predicted molar refractivity (Wildman–Crippen MR) is 63.6 cm³/mol. The minimum atomic E-state index is -0.0571. The van der Waals surface area contributed by atoms with E-state index in [1.807, 2.05) is 12.2 Å². The van der Waals surface area contributed by atoms with E-state index in [4.69, 9.17) is 17.3 Å². The van der Waals surface area contributed by atoms with Gasteiger partial charge in [0.1, 0.15) is 0 Å². The first-order chi connectivity index (χ1) is 7.09. The summed E-state index contributed by atoms with van der Waals surface area (Å²) < 4.78 is 0. The van der Waals surface area contributed by atoms with Crippen molar-refractivity contribution in [3.63, 3.8) is 0 Å². The van der Waals surface area contributed by atoms with Crippen molar-refractivity contribution in [2.75, 3.05) is 12.3 Å². The van der Waals surface area contributed by atoms with Crippen LogP contribution in [0.1, 0.15) is 12.5 Å². The van der Waals surface area contributed by atoms with E-state index in [1.54, 1.807) is 18.2 Å². The molecule has 1 rings (SSSR count). The molecular formula is C11H13ClN2O. The van der Waals surface area contributed by atoms with Gasteiger partial charge in [-0.3, -0.25) is 4.79 Å². The van der Waals surface area contributed by atoms with E-state index < -0.39 is 0 Å². The molecular weight excluding hydrogens is 212 g/mol. The first-order valence-corrected chi connectivity index (χ1v) is 4.93. The molecule has 15 heavy (non-hydrogen) atoms. The maximum Gasteiger partial charge on any atom is 0.217 e. The van der Waals surface area contributed by atoms with Crippen LogP contribution in [0.15, 0.2) is 24.3 Å². The quantitative estimate of drug-likeness (QED) is 0.773. The van der Waals surface area contributed by atoms with Gasteiger partial charge in [-0.1, -0.05) is 23.8 Å². The minimum absolute atomic E-state index is 0.0571. The van der Waals surface area contributed by atoms with E-state index in [0.717, 1.165) is 5.56 Å². The van der Waals surface area contributed by atoms with Crippen LogP contribution >= 0.6 is 11.6 Å². The van der Waals surface area contributed by atoms with Crippen molar-refractivity contribution >= 4 is 29.3 Å². The molecule has 0 fully saturated rings. The molecule has 0 spiro atoms. The number of hydrogen-bond donors (Lipinski definition) is 2. The van der Waals surface area contributed by atoms with Crippen molar-refractivity contribution in [1.82, 2.24) is 5.32 Å². The smallest absolute Gasteiger partial charge is 0.217 e. The van der Waals surface area contributed by atoms with Gasteiger partial charge in [0.05, 0.1) is 0 Å². The number of carbonyl (C=O) groups is 1. The standard InChI is InChI=1S/C11H13ClN2O/c1-8(15)14-6-2-3-9-7-10(13)4-5-11(9)12/h2-5,7H,6,13H2,1H3,(H,14,15). The van der Waals surface area contributed by atoms with Crippen LogP contribution in [0.4, 0.5) is 5.69 Å². The monoisotopic (exact) mass is 224 g/mol. The molecule has 0 aromatic heterocycles. The molecule has 1 aromatic carbocycles. The van der Waals surface area contributed by atoms with Gasteiger partial charge >= 0.3 is 0 Å². The fourth-order valence-corrected chi connectivity index (χ4v) is 1.26. The van der Waals surface area contributed by atoms with Gasteiger partial charge in [-0.15, -0.1) is 0 Å². The molecule has 0 aliphatic heterocycles. The molecule has 0 radical (unpaired) electrons.